The van der Waals surface area contributed by atoms with Crippen LogP contribution in [-0.4, -0.2) is 11.5 Å². The second-order valence-electron chi connectivity index (χ2n) is 2.99. The predicted octanol–water partition coefficient (Wildman–Crippen LogP) is 3.08. The zero-order valence-electron chi connectivity index (χ0n) is 7.53. The van der Waals surface area contributed by atoms with Crippen LogP contribution in [0.15, 0.2) is 46.4 Å². The van der Waals surface area contributed by atoms with Crippen LogP contribution in [0.25, 0.3) is 0 Å². The molecule has 0 aromatic heterocycles. The van der Waals surface area contributed by atoms with E-state index in [4.69, 9.17) is 0 Å². The van der Waals surface area contributed by atoms with E-state index in [2.05, 4.69) is 34.7 Å². The number of aliphatic imine (C=N–C) groups is 1. The summed E-state index contributed by atoms with van der Waals surface area (Å²) in [6, 6.07) is 10.4. The molecular formula is C11H11NS. The Morgan fingerprint density at radius 3 is 2.69 bits per heavy atom. The molecule has 0 spiro atoms. The number of nitrogens with zero attached hydrogens (tertiary/aromatic N) is 1. The Balaban J connectivity index is 2.32. The first-order valence-corrected chi connectivity index (χ1v) is 5.32. The van der Waals surface area contributed by atoms with Gasteiger partial charge in [0.05, 0.1) is 5.71 Å². The van der Waals surface area contributed by atoms with E-state index < -0.39 is 0 Å². The van der Waals surface area contributed by atoms with Gasteiger partial charge < -0.3 is 0 Å². The maximum Gasteiger partial charge on any atom is 0.0581 e. The third-order valence-electron chi connectivity index (χ3n) is 1.89. The largest absolute Gasteiger partial charge is 0.256 e. The minimum absolute atomic E-state index is 0.987. The van der Waals surface area contributed by atoms with E-state index in [9.17, 15) is 0 Å². The zero-order valence-corrected chi connectivity index (χ0v) is 8.34. The molecule has 13 heavy (non-hydrogen) atoms. The van der Waals surface area contributed by atoms with Crippen molar-refractivity contribution in [3.8, 4) is 0 Å². The van der Waals surface area contributed by atoms with Crippen LogP contribution in [0.5, 0.6) is 0 Å². The van der Waals surface area contributed by atoms with E-state index in [1.54, 1.807) is 0 Å². The molecule has 1 nitrogen and oxygen atoms in total. The third kappa shape index (κ3) is 2.01. The highest BCUT2D eigenvalue weighted by molar-refractivity contribution is 8.02. The quantitative estimate of drug-likeness (QED) is 0.661. The Kier molecular flexibility index (Phi) is 2.50. The molecular weight excluding hydrogens is 178 g/mol. The molecule has 1 aliphatic heterocycles. The number of hydrogen-bond acceptors (Lipinski definition) is 2. The Morgan fingerprint density at radius 1 is 1.23 bits per heavy atom. The normalized spacial score (nSPS) is 16.4. The second kappa shape index (κ2) is 3.79. The number of allylic oxidation sites excluding steroid dienone is 1. The first-order valence-electron chi connectivity index (χ1n) is 4.27. The van der Waals surface area contributed by atoms with Crippen molar-refractivity contribution >= 4 is 17.5 Å². The summed E-state index contributed by atoms with van der Waals surface area (Å²) in [7, 11) is 0. The van der Waals surface area contributed by atoms with Crippen LogP contribution < -0.4 is 0 Å². The van der Waals surface area contributed by atoms with Crippen molar-refractivity contribution in [2.45, 2.75) is 6.92 Å². The predicted molar refractivity (Wildman–Crippen MR) is 59.2 cm³/mol. The van der Waals surface area contributed by atoms with Crippen LogP contribution in [0.2, 0.25) is 0 Å². The lowest BCUT2D eigenvalue weighted by molar-refractivity contribution is 1.30. The first kappa shape index (κ1) is 8.57. The van der Waals surface area contributed by atoms with Gasteiger partial charge in [0.15, 0.2) is 0 Å². The summed E-state index contributed by atoms with van der Waals surface area (Å²) in [6.45, 7) is 2.04. The van der Waals surface area contributed by atoms with Crippen LogP contribution >= 0.6 is 11.8 Å². The van der Waals surface area contributed by atoms with Crippen LogP contribution in [0, 0.1) is 0 Å². The summed E-state index contributed by atoms with van der Waals surface area (Å²) in [6.07, 6.45) is 0. The highest BCUT2D eigenvalue weighted by Gasteiger charge is 2.06. The van der Waals surface area contributed by atoms with E-state index >= 15 is 0 Å². The van der Waals surface area contributed by atoms with Crippen molar-refractivity contribution in [2.75, 3.05) is 5.75 Å². The molecule has 2 heteroatoms. The summed E-state index contributed by atoms with van der Waals surface area (Å²) in [4.78, 5) is 4.51. The van der Waals surface area contributed by atoms with Gasteiger partial charge in [-0.15, -0.1) is 11.8 Å². The van der Waals surface area contributed by atoms with Gasteiger partial charge in [0, 0.05) is 11.4 Å². The average Bonchev–Trinajstić information content (AvgIpc) is 2.19. The van der Waals surface area contributed by atoms with Gasteiger partial charge >= 0.3 is 0 Å². The van der Waals surface area contributed by atoms with Crippen LogP contribution in [-0.2, 0) is 0 Å². The number of rotatable bonds is 1. The molecule has 0 atom stereocenters. The summed E-state index contributed by atoms with van der Waals surface area (Å²) in [5, 5.41) is 2.10. The van der Waals surface area contributed by atoms with Gasteiger partial charge in [-0.1, -0.05) is 30.3 Å². The van der Waals surface area contributed by atoms with Gasteiger partial charge in [-0.05, 0) is 17.9 Å². The zero-order chi connectivity index (χ0) is 9.10. The van der Waals surface area contributed by atoms with Crippen LogP contribution in [0.4, 0.5) is 0 Å². The molecule has 66 valence electrons. The molecule has 0 radical (unpaired) electrons. The van der Waals surface area contributed by atoms with Crippen molar-refractivity contribution in [1.82, 2.24) is 0 Å². The summed E-state index contributed by atoms with van der Waals surface area (Å²) in [5.41, 5.74) is 3.53. The molecule has 0 fully saturated rings. The average molecular weight is 189 g/mol. The van der Waals surface area contributed by atoms with Gasteiger partial charge in [0.2, 0.25) is 0 Å². The lowest BCUT2D eigenvalue weighted by Crippen LogP contribution is -2.06. The molecule has 0 saturated heterocycles. The molecule has 0 aliphatic carbocycles. The highest BCUT2D eigenvalue weighted by atomic mass is 32.2. The number of thioether (sulfide) groups is 1. The molecule has 0 unspecified atom stereocenters. The monoisotopic (exact) mass is 189 g/mol. The third-order valence-corrected chi connectivity index (χ3v) is 2.84. The topological polar surface area (TPSA) is 12.4 Å². The smallest absolute Gasteiger partial charge is 0.0581 e. The highest BCUT2D eigenvalue weighted by Crippen LogP contribution is 2.18. The molecule has 0 saturated carbocycles. The molecule has 0 N–H and O–H groups in total. The lowest BCUT2D eigenvalue weighted by Gasteiger charge is -2.09. The fraction of sp³-hybridized carbons (Fsp3) is 0.182. The van der Waals surface area contributed by atoms with Gasteiger partial charge in [0.25, 0.3) is 0 Å². The minimum atomic E-state index is 0.987. The van der Waals surface area contributed by atoms with Gasteiger partial charge in [0.1, 0.15) is 0 Å². The van der Waals surface area contributed by atoms with E-state index in [0.29, 0.717) is 0 Å². The van der Waals surface area contributed by atoms with Gasteiger partial charge in [-0.25, -0.2) is 0 Å². The Labute approximate surface area is 82.6 Å². The summed E-state index contributed by atoms with van der Waals surface area (Å²) in [5.74, 6) is 0.987. The lowest BCUT2D eigenvalue weighted by atomic mass is 10.1. The molecule has 1 heterocycles. The van der Waals surface area contributed by atoms with Crippen molar-refractivity contribution in [1.29, 1.82) is 0 Å². The number of benzene rings is 1. The fourth-order valence-corrected chi connectivity index (χ4v) is 2.06. The van der Waals surface area contributed by atoms with Gasteiger partial charge in [-0.3, -0.25) is 4.99 Å². The summed E-state index contributed by atoms with van der Waals surface area (Å²) < 4.78 is 0. The van der Waals surface area contributed by atoms with E-state index in [1.165, 1.54) is 11.3 Å². The van der Waals surface area contributed by atoms with E-state index in [-0.39, 0.29) is 0 Å². The Hall–Kier alpha value is -1.02. The van der Waals surface area contributed by atoms with Crippen LogP contribution in [0.3, 0.4) is 0 Å². The summed E-state index contributed by atoms with van der Waals surface area (Å²) >= 11 is 1.81. The Bertz CT molecular complexity index is 352. The van der Waals surface area contributed by atoms with Crippen molar-refractivity contribution in [3.63, 3.8) is 0 Å². The molecule has 0 amide bonds. The van der Waals surface area contributed by atoms with Crippen molar-refractivity contribution < 1.29 is 0 Å². The maximum atomic E-state index is 4.51. The van der Waals surface area contributed by atoms with Crippen LogP contribution in [0.1, 0.15) is 12.5 Å². The van der Waals surface area contributed by atoms with Crippen molar-refractivity contribution in [3.05, 3.63) is 47.0 Å². The number of hydrogen-bond donors (Lipinski definition) is 0. The SMILES string of the molecule is CC1=CSCC(c2ccccc2)=N1. The Morgan fingerprint density at radius 2 is 2.00 bits per heavy atom. The molecule has 1 aromatic rings. The molecule has 0 bridgehead atoms. The molecule has 1 aliphatic rings. The van der Waals surface area contributed by atoms with Gasteiger partial charge in [-0.2, -0.15) is 0 Å². The molecule has 1 aromatic carbocycles. The standard InChI is InChI=1S/C11H11NS/c1-9-7-13-8-11(12-9)10-5-3-2-4-6-10/h2-7H,8H2,1H3. The molecule has 2 rings (SSSR count). The second-order valence-corrected chi connectivity index (χ2v) is 3.85. The maximum absolute atomic E-state index is 4.51. The van der Waals surface area contributed by atoms with E-state index in [1.807, 2.05) is 24.8 Å². The fourth-order valence-electron chi connectivity index (χ4n) is 1.29. The first-order chi connectivity index (χ1) is 6.36. The minimum Gasteiger partial charge on any atom is -0.256 e. The van der Waals surface area contributed by atoms with Crippen molar-refractivity contribution in [2.24, 2.45) is 4.99 Å². The van der Waals surface area contributed by atoms with E-state index in [0.717, 1.165) is 11.4 Å².